The number of ether oxygens (including phenoxy) is 1. The zero-order chi connectivity index (χ0) is 11.5. The summed E-state index contributed by atoms with van der Waals surface area (Å²) in [6.45, 7) is 7.05. The molecule has 1 aromatic rings. The molecule has 0 aromatic carbocycles. The van der Waals surface area contributed by atoms with Crippen LogP contribution in [-0.2, 0) is 11.3 Å². The molecule has 92 valence electrons. The second kappa shape index (κ2) is 9.36. The van der Waals surface area contributed by atoms with Gasteiger partial charge in [-0.05, 0) is 32.4 Å². The average molecular weight is 225 g/mol. The molecule has 0 aliphatic carbocycles. The second-order valence-electron chi connectivity index (χ2n) is 3.87. The van der Waals surface area contributed by atoms with Crippen LogP contribution in [0.25, 0.3) is 0 Å². The first kappa shape index (κ1) is 13.2. The Hall–Kier alpha value is -0.870. The van der Waals surface area contributed by atoms with E-state index in [-0.39, 0.29) is 0 Å². The molecule has 1 rings (SSSR count). The second-order valence-corrected chi connectivity index (χ2v) is 3.87. The van der Waals surface area contributed by atoms with Crippen molar-refractivity contribution in [2.75, 3.05) is 26.3 Å². The molecule has 0 radical (unpaired) electrons. The van der Waals surface area contributed by atoms with Crippen LogP contribution >= 0.6 is 0 Å². The zero-order valence-corrected chi connectivity index (χ0v) is 10.2. The molecule has 0 bridgehead atoms. The highest BCUT2D eigenvalue weighted by Gasteiger charge is 1.91. The Morgan fingerprint density at radius 1 is 1.25 bits per heavy atom. The van der Waals surface area contributed by atoms with Gasteiger partial charge in [0.05, 0.1) is 6.33 Å². The average Bonchev–Trinajstić information content (AvgIpc) is 2.80. The number of aryl methyl sites for hydroxylation is 1. The maximum Gasteiger partial charge on any atom is 0.0945 e. The van der Waals surface area contributed by atoms with E-state index in [1.807, 2.05) is 18.7 Å². The quantitative estimate of drug-likeness (QED) is 0.616. The molecule has 1 heterocycles. The van der Waals surface area contributed by atoms with Crippen molar-refractivity contribution in [1.82, 2.24) is 14.9 Å². The molecule has 0 aliphatic heterocycles. The predicted octanol–water partition coefficient (Wildman–Crippen LogP) is 1.68. The van der Waals surface area contributed by atoms with Gasteiger partial charge in [0, 0.05) is 32.2 Å². The van der Waals surface area contributed by atoms with Gasteiger partial charge in [0.2, 0.25) is 0 Å². The van der Waals surface area contributed by atoms with Crippen molar-refractivity contribution in [3.63, 3.8) is 0 Å². The Bertz CT molecular complexity index is 236. The summed E-state index contributed by atoms with van der Waals surface area (Å²) in [6.07, 6.45) is 9.03. The van der Waals surface area contributed by atoms with Crippen LogP contribution in [0.5, 0.6) is 0 Å². The van der Waals surface area contributed by atoms with Crippen LogP contribution in [0.4, 0.5) is 0 Å². The van der Waals surface area contributed by atoms with Crippen molar-refractivity contribution < 1.29 is 4.74 Å². The van der Waals surface area contributed by atoms with E-state index < -0.39 is 0 Å². The standard InChI is InChI=1S/C12H23N3O/c1-2-10-16-11-4-6-13-5-3-8-15-9-7-14-12-15/h7,9,12-13H,2-6,8,10-11H2,1H3. The number of rotatable bonds is 10. The van der Waals surface area contributed by atoms with E-state index in [4.69, 9.17) is 4.74 Å². The topological polar surface area (TPSA) is 39.1 Å². The summed E-state index contributed by atoms with van der Waals surface area (Å²) < 4.78 is 7.50. The Balaban J connectivity index is 1.78. The van der Waals surface area contributed by atoms with Gasteiger partial charge in [-0.1, -0.05) is 6.92 Å². The molecule has 0 amide bonds. The van der Waals surface area contributed by atoms with E-state index in [0.29, 0.717) is 0 Å². The summed E-state index contributed by atoms with van der Waals surface area (Å²) in [5.74, 6) is 0. The maximum atomic E-state index is 5.40. The number of imidazole rings is 1. The van der Waals surface area contributed by atoms with Gasteiger partial charge in [0.25, 0.3) is 0 Å². The third-order valence-electron chi connectivity index (χ3n) is 2.32. The number of hydrogen-bond acceptors (Lipinski definition) is 3. The van der Waals surface area contributed by atoms with Gasteiger partial charge >= 0.3 is 0 Å². The van der Waals surface area contributed by atoms with Gasteiger partial charge in [-0.2, -0.15) is 0 Å². The van der Waals surface area contributed by atoms with Crippen LogP contribution in [0.15, 0.2) is 18.7 Å². The molecular formula is C12H23N3O. The van der Waals surface area contributed by atoms with Crippen molar-refractivity contribution in [2.24, 2.45) is 0 Å². The van der Waals surface area contributed by atoms with Gasteiger partial charge in [-0.3, -0.25) is 0 Å². The number of nitrogens with zero attached hydrogens (tertiary/aromatic N) is 2. The molecule has 4 nitrogen and oxygen atoms in total. The highest BCUT2D eigenvalue weighted by Crippen LogP contribution is 1.89. The molecule has 4 heteroatoms. The van der Waals surface area contributed by atoms with Gasteiger partial charge in [0.15, 0.2) is 0 Å². The Kier molecular flexibility index (Phi) is 7.72. The van der Waals surface area contributed by atoms with Crippen LogP contribution in [0.1, 0.15) is 26.2 Å². The lowest BCUT2D eigenvalue weighted by molar-refractivity contribution is 0.132. The van der Waals surface area contributed by atoms with E-state index in [1.54, 1.807) is 0 Å². The van der Waals surface area contributed by atoms with Gasteiger partial charge in [0.1, 0.15) is 0 Å². The molecule has 1 N–H and O–H groups in total. The van der Waals surface area contributed by atoms with Gasteiger partial charge in [-0.25, -0.2) is 4.98 Å². The molecule has 16 heavy (non-hydrogen) atoms. The SMILES string of the molecule is CCCOCCCNCCCn1ccnc1. The van der Waals surface area contributed by atoms with E-state index in [2.05, 4.69) is 21.8 Å². The monoisotopic (exact) mass is 225 g/mol. The first-order valence-corrected chi connectivity index (χ1v) is 6.17. The normalized spacial score (nSPS) is 10.8. The molecule has 0 fully saturated rings. The lowest BCUT2D eigenvalue weighted by Crippen LogP contribution is -2.19. The molecule has 0 unspecified atom stereocenters. The number of nitrogens with one attached hydrogen (secondary N) is 1. The number of hydrogen-bond donors (Lipinski definition) is 1. The zero-order valence-electron chi connectivity index (χ0n) is 10.2. The lowest BCUT2D eigenvalue weighted by atomic mass is 10.4. The minimum absolute atomic E-state index is 0.877. The largest absolute Gasteiger partial charge is 0.381 e. The summed E-state index contributed by atoms with van der Waals surface area (Å²) in [4.78, 5) is 4.01. The fourth-order valence-corrected chi connectivity index (χ4v) is 1.48. The summed E-state index contributed by atoms with van der Waals surface area (Å²) in [6, 6.07) is 0. The molecule has 0 saturated heterocycles. The molecule has 1 aromatic heterocycles. The highest BCUT2D eigenvalue weighted by atomic mass is 16.5. The fraction of sp³-hybridized carbons (Fsp3) is 0.750. The van der Waals surface area contributed by atoms with Crippen molar-refractivity contribution in [1.29, 1.82) is 0 Å². The Morgan fingerprint density at radius 3 is 2.88 bits per heavy atom. The van der Waals surface area contributed by atoms with Crippen LogP contribution in [-0.4, -0.2) is 35.9 Å². The molecule has 0 aliphatic rings. The lowest BCUT2D eigenvalue weighted by Gasteiger charge is -2.05. The predicted molar refractivity (Wildman–Crippen MR) is 65.4 cm³/mol. The first-order chi connectivity index (χ1) is 7.93. The highest BCUT2D eigenvalue weighted by molar-refractivity contribution is 4.73. The van der Waals surface area contributed by atoms with Crippen LogP contribution in [0, 0.1) is 0 Å². The summed E-state index contributed by atoms with van der Waals surface area (Å²) in [7, 11) is 0. The fourth-order valence-electron chi connectivity index (χ4n) is 1.48. The number of aromatic nitrogens is 2. The van der Waals surface area contributed by atoms with E-state index in [1.165, 1.54) is 0 Å². The smallest absolute Gasteiger partial charge is 0.0945 e. The van der Waals surface area contributed by atoms with Gasteiger partial charge < -0.3 is 14.6 Å². The summed E-state index contributed by atoms with van der Waals surface area (Å²) >= 11 is 0. The van der Waals surface area contributed by atoms with E-state index >= 15 is 0 Å². The summed E-state index contributed by atoms with van der Waals surface area (Å²) in [5, 5.41) is 3.41. The summed E-state index contributed by atoms with van der Waals surface area (Å²) in [5.41, 5.74) is 0. The van der Waals surface area contributed by atoms with E-state index in [0.717, 1.165) is 52.1 Å². The third kappa shape index (κ3) is 6.58. The molecule has 0 spiro atoms. The van der Waals surface area contributed by atoms with Crippen LogP contribution in [0.3, 0.4) is 0 Å². The first-order valence-electron chi connectivity index (χ1n) is 6.17. The minimum Gasteiger partial charge on any atom is -0.381 e. The van der Waals surface area contributed by atoms with Gasteiger partial charge in [-0.15, -0.1) is 0 Å². The van der Waals surface area contributed by atoms with Crippen molar-refractivity contribution in [2.45, 2.75) is 32.7 Å². The molecular weight excluding hydrogens is 202 g/mol. The van der Waals surface area contributed by atoms with Crippen molar-refractivity contribution >= 4 is 0 Å². The Morgan fingerprint density at radius 2 is 2.12 bits per heavy atom. The maximum absolute atomic E-state index is 5.40. The van der Waals surface area contributed by atoms with E-state index in [9.17, 15) is 0 Å². The van der Waals surface area contributed by atoms with Crippen molar-refractivity contribution in [3.8, 4) is 0 Å². The Labute approximate surface area is 98.0 Å². The minimum atomic E-state index is 0.877. The third-order valence-corrected chi connectivity index (χ3v) is 2.32. The molecule has 0 saturated carbocycles. The van der Waals surface area contributed by atoms with Crippen molar-refractivity contribution in [3.05, 3.63) is 18.7 Å². The van der Waals surface area contributed by atoms with Crippen LogP contribution in [0.2, 0.25) is 0 Å². The van der Waals surface area contributed by atoms with Crippen LogP contribution < -0.4 is 5.32 Å². The molecule has 0 atom stereocenters.